The van der Waals surface area contributed by atoms with Gasteiger partial charge in [0, 0.05) is 6.20 Å². The Bertz CT molecular complexity index is 1110. The molecule has 240 valence electrons. The van der Waals surface area contributed by atoms with Crippen LogP contribution in [0.5, 0.6) is 0 Å². The van der Waals surface area contributed by atoms with Gasteiger partial charge in [-0.15, -0.1) is 0 Å². The van der Waals surface area contributed by atoms with Crippen LogP contribution < -0.4 is 10.2 Å². The van der Waals surface area contributed by atoms with Crippen molar-refractivity contribution in [2.45, 2.75) is 103 Å². The summed E-state index contributed by atoms with van der Waals surface area (Å²) in [5.41, 5.74) is -3.97. The minimum absolute atomic E-state index is 0.0834. The van der Waals surface area contributed by atoms with Crippen molar-refractivity contribution in [3.63, 3.8) is 0 Å². The van der Waals surface area contributed by atoms with Gasteiger partial charge in [-0.1, -0.05) is 0 Å². The molecule has 0 aromatic carbocycles. The van der Waals surface area contributed by atoms with Crippen LogP contribution in [0.4, 0.5) is 22.0 Å². The van der Waals surface area contributed by atoms with Gasteiger partial charge in [0.05, 0.1) is 25.2 Å². The molecule has 3 N–H and O–H groups in total. The third-order valence-corrected chi connectivity index (χ3v) is 8.78. The molecular weight excluding hydrogens is 620 g/mol. The summed E-state index contributed by atoms with van der Waals surface area (Å²) in [5.74, 6) is -10.7. The average molecular weight is 654 g/mol. The number of esters is 2. The molecule has 2 aliphatic rings. The molecule has 2 aliphatic heterocycles. The number of nitrogens with one attached hydrogen (secondary N) is 2. The molecule has 12 nitrogen and oxygen atoms in total. The van der Waals surface area contributed by atoms with E-state index < -0.39 is 104 Å². The van der Waals surface area contributed by atoms with Gasteiger partial charge in [0.2, 0.25) is 17.3 Å². The monoisotopic (exact) mass is 653 g/mol. The SMILES string of the molecule is CC(C)OC(=O)[C@H](C)NP(=S)(N[C@@H](C)C(=O)OC(C)C)OC[C@@]1(C(F)F)O[C@@H](N2C=C(F)C(=O)CC2=O)[C@H](O)C1(F)F. The van der Waals surface area contributed by atoms with Gasteiger partial charge < -0.3 is 23.8 Å². The van der Waals surface area contributed by atoms with Crippen LogP contribution in [-0.4, -0.2) is 94.8 Å². The molecule has 42 heavy (non-hydrogen) atoms. The first-order valence-electron chi connectivity index (χ1n) is 12.6. The lowest BCUT2D eigenvalue weighted by Gasteiger charge is -2.36. The van der Waals surface area contributed by atoms with Crippen LogP contribution in [0.1, 0.15) is 48.0 Å². The lowest BCUT2D eigenvalue weighted by Crippen LogP contribution is -2.58. The van der Waals surface area contributed by atoms with Crippen molar-refractivity contribution in [3.05, 3.63) is 12.0 Å². The number of Topliss-reactive ketones (excluding diaryl/α,β-unsaturated/α-hetero) is 1. The number of alkyl halides is 4. The topological polar surface area (TPSA) is 153 Å². The number of carbonyl (C=O) groups excluding carboxylic acids is 4. The molecule has 0 aromatic rings. The number of carbonyl (C=O) groups is 4. The lowest BCUT2D eigenvalue weighted by atomic mass is 9.95. The first-order chi connectivity index (χ1) is 19.2. The average Bonchev–Trinajstić information content (AvgIpc) is 3.05. The highest BCUT2D eigenvalue weighted by Gasteiger charge is 2.74. The highest BCUT2D eigenvalue weighted by atomic mass is 32.4. The number of hydrogen-bond donors (Lipinski definition) is 3. The van der Waals surface area contributed by atoms with E-state index in [-0.39, 0.29) is 11.1 Å². The van der Waals surface area contributed by atoms with Crippen molar-refractivity contribution >= 4 is 42.0 Å². The Balaban J connectivity index is 2.44. The number of amides is 1. The number of aliphatic hydroxyl groups is 1. The summed E-state index contributed by atoms with van der Waals surface area (Å²) in [4.78, 5) is 48.5. The van der Waals surface area contributed by atoms with Crippen LogP contribution in [0.2, 0.25) is 0 Å². The first kappa shape index (κ1) is 36.1. The standard InChI is InChI=1S/C23H33F5N3O9PS/c1-10(2)38-19(35)12(5)29-41(42,30-13(6)20(36)39-11(3)4)37-9-22(21(25)26)23(27,28)17(34)18(40-22)31-8-14(24)15(32)7-16(31)33/h8,10-13,17-18,21,34H,7,9H2,1-6H3,(H2,29,30,42)/t12-,13-,17-,18+,22-/m0/s1. The smallest absolute Gasteiger partial charge is 0.323 e. The molecule has 2 heterocycles. The Morgan fingerprint density at radius 2 is 1.57 bits per heavy atom. The van der Waals surface area contributed by atoms with E-state index in [0.717, 1.165) is 0 Å². The Morgan fingerprint density at radius 3 is 2.00 bits per heavy atom. The third-order valence-electron chi connectivity index (χ3n) is 5.88. The summed E-state index contributed by atoms with van der Waals surface area (Å²) in [6.45, 7) is 2.79. The Hall–Kier alpha value is -2.08. The maximum atomic E-state index is 15.4. The Labute approximate surface area is 243 Å². The summed E-state index contributed by atoms with van der Waals surface area (Å²) >= 11 is 5.38. The number of aliphatic hydroxyl groups excluding tert-OH is 1. The first-order valence-corrected chi connectivity index (χ1v) is 15.3. The summed E-state index contributed by atoms with van der Waals surface area (Å²) in [7, 11) is 0. The molecule has 5 atom stereocenters. The van der Waals surface area contributed by atoms with Crippen LogP contribution in [0.3, 0.4) is 0 Å². The predicted molar refractivity (Wildman–Crippen MR) is 138 cm³/mol. The van der Waals surface area contributed by atoms with E-state index in [9.17, 15) is 37.5 Å². The Morgan fingerprint density at radius 1 is 1.10 bits per heavy atom. The molecular formula is C23H33F5N3O9PS. The van der Waals surface area contributed by atoms with Gasteiger partial charge in [0.1, 0.15) is 12.1 Å². The van der Waals surface area contributed by atoms with Crippen LogP contribution in [0.15, 0.2) is 12.0 Å². The fourth-order valence-corrected chi connectivity index (χ4v) is 6.70. The molecule has 0 spiro atoms. The molecule has 2 rings (SSSR count). The summed E-state index contributed by atoms with van der Waals surface area (Å²) in [5, 5.41) is 15.3. The molecule has 1 amide bonds. The van der Waals surface area contributed by atoms with E-state index in [1.54, 1.807) is 0 Å². The second-order valence-corrected chi connectivity index (χ2v) is 13.6. The van der Waals surface area contributed by atoms with Crippen molar-refractivity contribution in [2.24, 2.45) is 0 Å². The fourth-order valence-electron chi connectivity index (χ4n) is 3.76. The summed E-state index contributed by atoms with van der Waals surface area (Å²) in [6, 6.07) is -2.61. The minimum Gasteiger partial charge on any atom is -0.462 e. The molecule has 19 heteroatoms. The fraction of sp³-hybridized carbons (Fsp3) is 0.739. The van der Waals surface area contributed by atoms with Gasteiger partial charge in [-0.2, -0.15) is 8.78 Å². The van der Waals surface area contributed by atoms with Crippen molar-refractivity contribution in [3.8, 4) is 0 Å². The molecule has 0 unspecified atom stereocenters. The largest absolute Gasteiger partial charge is 0.462 e. The molecule has 0 radical (unpaired) electrons. The van der Waals surface area contributed by atoms with Crippen molar-refractivity contribution in [1.82, 2.24) is 15.1 Å². The van der Waals surface area contributed by atoms with E-state index in [2.05, 4.69) is 10.2 Å². The number of nitrogens with zero attached hydrogens (tertiary/aromatic N) is 1. The minimum atomic E-state index is -4.84. The van der Waals surface area contributed by atoms with E-state index in [4.69, 9.17) is 30.5 Å². The zero-order valence-electron chi connectivity index (χ0n) is 23.4. The van der Waals surface area contributed by atoms with Gasteiger partial charge >= 0.3 is 17.9 Å². The van der Waals surface area contributed by atoms with Crippen molar-refractivity contribution < 1.29 is 65.0 Å². The van der Waals surface area contributed by atoms with Gasteiger partial charge in [-0.3, -0.25) is 24.1 Å². The lowest BCUT2D eigenvalue weighted by molar-refractivity contribution is -0.242. The number of allylic oxidation sites excluding steroid dienone is 1. The zero-order chi connectivity index (χ0) is 32.4. The van der Waals surface area contributed by atoms with E-state index >= 15 is 8.78 Å². The van der Waals surface area contributed by atoms with Gasteiger partial charge in [0.15, 0.2) is 24.7 Å². The predicted octanol–water partition coefficient (Wildman–Crippen LogP) is 2.06. The van der Waals surface area contributed by atoms with E-state index in [1.807, 2.05) is 0 Å². The maximum absolute atomic E-state index is 15.4. The molecule has 0 aliphatic carbocycles. The van der Waals surface area contributed by atoms with Crippen LogP contribution in [0, 0.1) is 0 Å². The second-order valence-electron chi connectivity index (χ2n) is 10.1. The van der Waals surface area contributed by atoms with Gasteiger partial charge in [0.25, 0.3) is 6.43 Å². The number of hydrogen-bond acceptors (Lipinski definition) is 10. The van der Waals surface area contributed by atoms with Crippen LogP contribution in [0.25, 0.3) is 0 Å². The Kier molecular flexibility index (Phi) is 11.8. The van der Waals surface area contributed by atoms with Gasteiger partial charge in [-0.05, 0) is 53.3 Å². The summed E-state index contributed by atoms with van der Waals surface area (Å²) in [6.07, 6.45) is -11.9. The number of ketones is 1. The van der Waals surface area contributed by atoms with E-state index in [1.165, 1.54) is 41.5 Å². The van der Waals surface area contributed by atoms with E-state index in [0.29, 0.717) is 0 Å². The third kappa shape index (κ3) is 7.89. The van der Waals surface area contributed by atoms with Crippen LogP contribution >= 0.6 is 6.57 Å². The van der Waals surface area contributed by atoms with Crippen LogP contribution in [-0.2, 0) is 49.7 Å². The van der Waals surface area contributed by atoms with Crippen molar-refractivity contribution in [2.75, 3.05) is 6.61 Å². The highest BCUT2D eigenvalue weighted by molar-refractivity contribution is 8.10. The number of halogens is 5. The molecule has 0 saturated carbocycles. The quantitative estimate of drug-likeness (QED) is 0.115. The summed E-state index contributed by atoms with van der Waals surface area (Å²) < 4.78 is 93.9. The van der Waals surface area contributed by atoms with Gasteiger partial charge in [-0.25, -0.2) is 23.3 Å². The number of ether oxygens (including phenoxy) is 3. The molecule has 0 bridgehead atoms. The molecule has 0 aromatic heterocycles. The molecule has 1 saturated heterocycles. The normalized spacial score (nSPS) is 26.1. The second kappa shape index (κ2) is 13.7. The zero-order valence-corrected chi connectivity index (χ0v) is 25.1. The van der Waals surface area contributed by atoms with Crippen molar-refractivity contribution in [1.29, 1.82) is 0 Å². The molecule has 1 fully saturated rings. The number of rotatable bonds is 13. The highest BCUT2D eigenvalue weighted by Crippen LogP contribution is 2.52. The maximum Gasteiger partial charge on any atom is 0.323 e.